The van der Waals surface area contributed by atoms with E-state index in [4.69, 9.17) is 0 Å². The molecule has 0 saturated carbocycles. The fraction of sp³-hybridized carbons (Fsp3) is 0.143. The van der Waals surface area contributed by atoms with E-state index >= 15 is 0 Å². The Morgan fingerprint density at radius 2 is 1.42 bits per heavy atom. The van der Waals surface area contributed by atoms with Crippen molar-refractivity contribution in [3.05, 3.63) is 78.4 Å². The zero-order chi connectivity index (χ0) is 16.9. The van der Waals surface area contributed by atoms with Crippen LogP contribution in [0.5, 0.6) is 0 Å². The van der Waals surface area contributed by atoms with Crippen LogP contribution >= 0.6 is 8.03 Å². The summed E-state index contributed by atoms with van der Waals surface area (Å²) in [5.41, 5.74) is 5.39. The molecule has 0 radical (unpaired) electrons. The molecule has 0 aliphatic carbocycles. The van der Waals surface area contributed by atoms with E-state index in [1.807, 2.05) is 48.5 Å². The van der Waals surface area contributed by atoms with E-state index in [1.165, 1.54) is 0 Å². The molecular formula is C21H21O2P. The second kappa shape index (κ2) is 7.61. The number of hydrogen-bond acceptors (Lipinski definition) is 1. The van der Waals surface area contributed by atoms with Gasteiger partial charge in [-0.15, -0.1) is 0 Å². The van der Waals surface area contributed by atoms with Crippen LogP contribution in [0.4, 0.5) is 0 Å². The van der Waals surface area contributed by atoms with Crippen LogP contribution in [-0.4, -0.2) is 4.89 Å². The molecule has 2 nitrogen and oxygen atoms in total. The summed E-state index contributed by atoms with van der Waals surface area (Å²) in [6.07, 6.45) is 1.72. The van der Waals surface area contributed by atoms with Gasteiger partial charge < -0.3 is 4.89 Å². The van der Waals surface area contributed by atoms with Gasteiger partial charge in [0.15, 0.2) is 0 Å². The SMILES string of the molecule is CCCc1c([PH](=O)O)ccc(-c2ccccc2)c1-c1ccccc1. The molecule has 3 rings (SSSR count). The summed E-state index contributed by atoms with van der Waals surface area (Å²) >= 11 is 0. The van der Waals surface area contributed by atoms with Crippen molar-refractivity contribution < 1.29 is 9.46 Å². The lowest BCUT2D eigenvalue weighted by atomic mass is 9.89. The highest BCUT2D eigenvalue weighted by Gasteiger charge is 2.17. The van der Waals surface area contributed by atoms with Crippen molar-refractivity contribution in [3.63, 3.8) is 0 Å². The first kappa shape index (κ1) is 16.7. The maximum atomic E-state index is 11.9. The van der Waals surface area contributed by atoms with Crippen LogP contribution in [0, 0.1) is 0 Å². The van der Waals surface area contributed by atoms with Gasteiger partial charge in [-0.05, 0) is 40.3 Å². The van der Waals surface area contributed by atoms with E-state index in [0.29, 0.717) is 5.30 Å². The summed E-state index contributed by atoms with van der Waals surface area (Å²) in [6.45, 7) is 2.10. The molecular weight excluding hydrogens is 315 g/mol. The largest absolute Gasteiger partial charge is 0.343 e. The van der Waals surface area contributed by atoms with Crippen molar-refractivity contribution in [3.8, 4) is 22.3 Å². The molecule has 0 aliphatic rings. The first-order valence-corrected chi connectivity index (χ1v) is 9.58. The molecule has 0 aliphatic heterocycles. The highest BCUT2D eigenvalue weighted by molar-refractivity contribution is 7.47. The third kappa shape index (κ3) is 3.36. The molecule has 3 aromatic rings. The molecule has 0 amide bonds. The molecule has 0 bridgehead atoms. The Morgan fingerprint density at radius 1 is 0.833 bits per heavy atom. The quantitative estimate of drug-likeness (QED) is 0.661. The molecule has 1 unspecified atom stereocenters. The minimum Gasteiger partial charge on any atom is -0.343 e. The second-order valence-electron chi connectivity index (χ2n) is 5.80. The fourth-order valence-electron chi connectivity index (χ4n) is 3.15. The number of rotatable bonds is 5. The predicted molar refractivity (Wildman–Crippen MR) is 102 cm³/mol. The highest BCUT2D eigenvalue weighted by Crippen LogP contribution is 2.37. The smallest absolute Gasteiger partial charge is 0.218 e. The molecule has 122 valence electrons. The lowest BCUT2D eigenvalue weighted by Crippen LogP contribution is -2.09. The Kier molecular flexibility index (Phi) is 5.30. The maximum absolute atomic E-state index is 11.9. The van der Waals surface area contributed by atoms with Gasteiger partial charge in [-0.1, -0.05) is 80.1 Å². The van der Waals surface area contributed by atoms with E-state index in [2.05, 4.69) is 31.2 Å². The lowest BCUT2D eigenvalue weighted by Gasteiger charge is -2.18. The molecule has 0 spiro atoms. The van der Waals surface area contributed by atoms with Crippen molar-refractivity contribution in [1.82, 2.24) is 0 Å². The average molecular weight is 336 g/mol. The van der Waals surface area contributed by atoms with Crippen LogP contribution < -0.4 is 5.30 Å². The van der Waals surface area contributed by atoms with Crippen LogP contribution in [-0.2, 0) is 11.0 Å². The first-order chi connectivity index (χ1) is 11.7. The van der Waals surface area contributed by atoms with Gasteiger partial charge in [-0.3, -0.25) is 4.57 Å². The van der Waals surface area contributed by atoms with Gasteiger partial charge in [-0.25, -0.2) is 0 Å². The van der Waals surface area contributed by atoms with E-state index < -0.39 is 8.03 Å². The molecule has 0 heterocycles. The third-order valence-electron chi connectivity index (χ3n) is 4.19. The van der Waals surface area contributed by atoms with Crippen LogP contribution in [0.25, 0.3) is 22.3 Å². The molecule has 0 saturated heterocycles. The van der Waals surface area contributed by atoms with Gasteiger partial charge in [0.05, 0.1) is 0 Å². The van der Waals surface area contributed by atoms with Crippen molar-refractivity contribution in [2.24, 2.45) is 0 Å². The zero-order valence-electron chi connectivity index (χ0n) is 13.7. The Labute approximate surface area is 143 Å². The monoisotopic (exact) mass is 336 g/mol. The lowest BCUT2D eigenvalue weighted by molar-refractivity contribution is 0.513. The topological polar surface area (TPSA) is 37.3 Å². The van der Waals surface area contributed by atoms with Gasteiger partial charge in [0.1, 0.15) is 0 Å². The van der Waals surface area contributed by atoms with Crippen LogP contribution in [0.15, 0.2) is 72.8 Å². The van der Waals surface area contributed by atoms with Crippen molar-refractivity contribution in [1.29, 1.82) is 0 Å². The summed E-state index contributed by atoms with van der Waals surface area (Å²) in [7, 11) is -2.74. The molecule has 1 N–H and O–H groups in total. The molecule has 3 heteroatoms. The normalized spacial score (nSPS) is 12.1. The van der Waals surface area contributed by atoms with E-state index in [0.717, 1.165) is 40.7 Å². The van der Waals surface area contributed by atoms with E-state index in [-0.39, 0.29) is 0 Å². The number of hydrogen-bond donors (Lipinski definition) is 1. The molecule has 24 heavy (non-hydrogen) atoms. The summed E-state index contributed by atoms with van der Waals surface area (Å²) in [6, 6.07) is 24.1. The number of benzene rings is 3. The molecule has 0 fully saturated rings. The third-order valence-corrected chi connectivity index (χ3v) is 5.12. The summed E-state index contributed by atoms with van der Waals surface area (Å²) in [5, 5.41) is 0.584. The minimum atomic E-state index is -2.74. The predicted octanol–water partition coefficient (Wildman–Crippen LogP) is 5.07. The van der Waals surface area contributed by atoms with Crippen molar-refractivity contribution in [2.75, 3.05) is 0 Å². The summed E-state index contributed by atoms with van der Waals surface area (Å²) in [4.78, 5) is 9.81. The fourth-order valence-corrected chi connectivity index (χ4v) is 3.88. The summed E-state index contributed by atoms with van der Waals surface area (Å²) < 4.78 is 11.9. The Balaban J connectivity index is 2.34. The highest BCUT2D eigenvalue weighted by atomic mass is 31.1. The van der Waals surface area contributed by atoms with Crippen LogP contribution in [0.2, 0.25) is 0 Å². The average Bonchev–Trinajstić information content (AvgIpc) is 2.63. The van der Waals surface area contributed by atoms with Crippen LogP contribution in [0.1, 0.15) is 18.9 Å². The van der Waals surface area contributed by atoms with E-state index in [9.17, 15) is 9.46 Å². The van der Waals surface area contributed by atoms with Gasteiger partial charge in [-0.2, -0.15) is 0 Å². The first-order valence-electron chi connectivity index (χ1n) is 8.22. The van der Waals surface area contributed by atoms with Crippen LogP contribution in [0.3, 0.4) is 0 Å². The summed E-state index contributed by atoms with van der Waals surface area (Å²) in [5.74, 6) is 0. The molecule has 3 aromatic carbocycles. The second-order valence-corrected chi connectivity index (χ2v) is 6.95. The van der Waals surface area contributed by atoms with E-state index in [1.54, 1.807) is 0 Å². The maximum Gasteiger partial charge on any atom is 0.218 e. The Bertz CT molecular complexity index is 842. The Morgan fingerprint density at radius 3 is 1.96 bits per heavy atom. The minimum absolute atomic E-state index is 0.584. The van der Waals surface area contributed by atoms with Gasteiger partial charge in [0, 0.05) is 5.30 Å². The van der Waals surface area contributed by atoms with Gasteiger partial charge in [0.2, 0.25) is 8.03 Å². The van der Waals surface area contributed by atoms with Crippen molar-refractivity contribution >= 4 is 13.3 Å². The van der Waals surface area contributed by atoms with Gasteiger partial charge >= 0.3 is 0 Å². The zero-order valence-corrected chi connectivity index (χ0v) is 14.7. The molecule has 0 aromatic heterocycles. The van der Waals surface area contributed by atoms with Gasteiger partial charge in [0.25, 0.3) is 0 Å². The Hall–Kier alpha value is -2.15. The van der Waals surface area contributed by atoms with Crippen molar-refractivity contribution in [2.45, 2.75) is 19.8 Å². The standard InChI is InChI=1S/C21H21O2P/c1-2-9-19-20(24(22)23)15-14-18(16-10-5-3-6-11-16)21(19)17-12-7-4-8-13-17/h3-8,10-15,24H,2,9H2,1H3,(H,22,23). The molecule has 1 atom stereocenters.